The van der Waals surface area contributed by atoms with E-state index in [0.29, 0.717) is 0 Å². The molecule has 0 bridgehead atoms. The van der Waals surface area contributed by atoms with E-state index < -0.39 is 47.7 Å². The number of nitrogens with zero attached hydrogens (tertiary/aromatic N) is 3. The highest BCUT2D eigenvalue weighted by Crippen LogP contribution is 2.38. The fourth-order valence-corrected chi connectivity index (χ4v) is 3.37. The number of amides is 2. The Balaban J connectivity index is 1.74. The normalized spacial score (nSPS) is 24.7. The lowest BCUT2D eigenvalue weighted by Crippen LogP contribution is -2.78. The lowest BCUT2D eigenvalue weighted by molar-refractivity contribution is -0.396. The zero-order valence-corrected chi connectivity index (χ0v) is 17.2. The first-order valence-corrected chi connectivity index (χ1v) is 9.70. The average molecular weight is 457 g/mol. The van der Waals surface area contributed by atoms with E-state index in [1.165, 1.54) is 5.38 Å². The quantitative estimate of drug-likeness (QED) is 0.196. The van der Waals surface area contributed by atoms with Crippen LogP contribution in [0.1, 0.15) is 26.0 Å². The maximum absolute atomic E-state index is 12.8. The van der Waals surface area contributed by atoms with Crippen molar-refractivity contribution in [2.45, 2.75) is 37.6 Å². The van der Waals surface area contributed by atoms with Crippen LogP contribution in [0, 0.1) is 0 Å². The number of nitrogens with two attached hydrogens (primary N) is 1. The van der Waals surface area contributed by atoms with Crippen molar-refractivity contribution < 1.29 is 43.8 Å². The molecule has 0 radical (unpaired) electrons. The predicted molar refractivity (Wildman–Crippen MR) is 102 cm³/mol. The second-order valence-corrected chi connectivity index (χ2v) is 8.01. The van der Waals surface area contributed by atoms with Crippen LogP contribution in [0.15, 0.2) is 10.5 Å². The van der Waals surface area contributed by atoms with Gasteiger partial charge in [-0.3, -0.25) is 9.59 Å². The van der Waals surface area contributed by atoms with Gasteiger partial charge in [-0.1, -0.05) is 5.16 Å². The maximum atomic E-state index is 12.8. The first kappa shape index (κ1) is 22.4. The molecule has 2 saturated heterocycles. The highest BCUT2D eigenvalue weighted by molar-refractivity contribution is 7.13. The average Bonchev–Trinajstić information content (AvgIpc) is 3.07. The van der Waals surface area contributed by atoms with Crippen LogP contribution in [0.25, 0.3) is 0 Å². The topological polar surface area (TPSA) is 203 Å². The molecule has 0 aromatic carbocycles. The predicted octanol–water partition coefficient (Wildman–Crippen LogP) is -1.23. The zero-order valence-electron chi connectivity index (χ0n) is 16.4. The smallest absolute Gasteiger partial charge is 0.366 e. The van der Waals surface area contributed by atoms with Gasteiger partial charge >= 0.3 is 11.9 Å². The van der Waals surface area contributed by atoms with Crippen molar-refractivity contribution in [2.24, 2.45) is 5.16 Å². The lowest BCUT2D eigenvalue weighted by atomic mass is 9.84. The number of carboxylic acid groups (broad SMARTS) is 2. The fourth-order valence-electron chi connectivity index (χ4n) is 2.82. The largest absolute Gasteiger partial charge is 0.479 e. The summed E-state index contributed by atoms with van der Waals surface area (Å²) in [5.41, 5.74) is 4.07. The molecule has 0 saturated carbocycles. The summed E-state index contributed by atoms with van der Waals surface area (Å²) in [5.74, 6) is -6.22. The summed E-state index contributed by atoms with van der Waals surface area (Å²) >= 11 is 1.02. The Morgan fingerprint density at radius 1 is 1.45 bits per heavy atom. The summed E-state index contributed by atoms with van der Waals surface area (Å²) in [5, 5.41) is 26.3. The number of carbonyl (C=O) groups excluding carboxylic acids is 2. The van der Waals surface area contributed by atoms with E-state index in [2.05, 4.69) is 20.3 Å². The Hall–Kier alpha value is -3.30. The molecule has 1 aromatic heterocycles. The summed E-state index contributed by atoms with van der Waals surface area (Å²) in [4.78, 5) is 61.2. The Morgan fingerprint density at radius 2 is 2.13 bits per heavy atom. The number of nitrogen functional groups attached to an aromatic ring is 1. The number of thiazole rings is 1. The minimum atomic E-state index is -1.95. The van der Waals surface area contributed by atoms with Crippen LogP contribution in [-0.4, -0.2) is 80.3 Å². The third kappa shape index (κ3) is 4.14. The van der Waals surface area contributed by atoms with E-state index in [1.54, 1.807) is 13.8 Å². The first-order chi connectivity index (χ1) is 14.5. The SMILES string of the molecule is CC1(C)[C@H](NC(=O)/C(=N\OCC(=O)O)c2csc(N)n2)C(=O)N1OC1(C(=O)O)CCO1. The van der Waals surface area contributed by atoms with Crippen LogP contribution in [0.3, 0.4) is 0 Å². The van der Waals surface area contributed by atoms with Gasteiger partial charge in [-0.2, -0.15) is 0 Å². The zero-order chi connectivity index (χ0) is 23.0. The van der Waals surface area contributed by atoms with Gasteiger partial charge in [0.05, 0.1) is 12.1 Å². The van der Waals surface area contributed by atoms with Gasteiger partial charge in [0.1, 0.15) is 11.7 Å². The molecular weight excluding hydrogens is 438 g/mol. The van der Waals surface area contributed by atoms with Crippen molar-refractivity contribution in [3.05, 3.63) is 11.1 Å². The third-order valence-corrected chi connectivity index (χ3v) is 5.28. The van der Waals surface area contributed by atoms with Crippen LogP contribution >= 0.6 is 11.3 Å². The molecule has 2 amide bonds. The molecule has 15 heteroatoms. The van der Waals surface area contributed by atoms with Gasteiger partial charge in [-0.25, -0.2) is 24.5 Å². The van der Waals surface area contributed by atoms with E-state index in [0.717, 1.165) is 16.4 Å². The van der Waals surface area contributed by atoms with Gasteiger partial charge in [0.25, 0.3) is 17.6 Å². The number of aromatic nitrogens is 1. The molecule has 168 valence electrons. The van der Waals surface area contributed by atoms with E-state index >= 15 is 0 Å². The number of rotatable bonds is 9. The molecule has 2 atom stereocenters. The van der Waals surface area contributed by atoms with Crippen molar-refractivity contribution in [3.8, 4) is 0 Å². The Labute approximate surface area is 178 Å². The summed E-state index contributed by atoms with van der Waals surface area (Å²) in [6.45, 7) is 2.46. The summed E-state index contributed by atoms with van der Waals surface area (Å²) < 4.78 is 5.00. The van der Waals surface area contributed by atoms with Crippen molar-refractivity contribution >= 4 is 45.9 Å². The van der Waals surface area contributed by atoms with Gasteiger partial charge in [0.15, 0.2) is 10.8 Å². The van der Waals surface area contributed by atoms with E-state index in [9.17, 15) is 24.3 Å². The number of aliphatic carboxylic acids is 2. The number of ether oxygens (including phenoxy) is 1. The van der Waals surface area contributed by atoms with Crippen LogP contribution in [-0.2, 0) is 33.6 Å². The molecule has 5 N–H and O–H groups in total. The molecule has 1 aromatic rings. The molecule has 2 fully saturated rings. The molecule has 1 unspecified atom stereocenters. The van der Waals surface area contributed by atoms with Gasteiger partial charge in [0, 0.05) is 11.8 Å². The molecule has 0 aliphatic carbocycles. The second kappa shape index (κ2) is 8.09. The number of β-lactam (4-membered cyclic amide) rings is 1. The molecule has 14 nitrogen and oxygen atoms in total. The van der Waals surface area contributed by atoms with Crippen LogP contribution in [0.5, 0.6) is 0 Å². The van der Waals surface area contributed by atoms with Crippen LogP contribution in [0.4, 0.5) is 5.13 Å². The van der Waals surface area contributed by atoms with Crippen molar-refractivity contribution in [2.75, 3.05) is 18.9 Å². The number of oxime groups is 1. The van der Waals surface area contributed by atoms with Crippen LogP contribution in [0.2, 0.25) is 0 Å². The van der Waals surface area contributed by atoms with Crippen molar-refractivity contribution in [1.29, 1.82) is 0 Å². The van der Waals surface area contributed by atoms with Gasteiger partial charge in [-0.05, 0) is 13.8 Å². The Bertz CT molecular complexity index is 955. The molecule has 0 spiro atoms. The van der Waals surface area contributed by atoms with Crippen LogP contribution < -0.4 is 11.1 Å². The minimum absolute atomic E-state index is 0.0239. The van der Waals surface area contributed by atoms with Crippen molar-refractivity contribution in [1.82, 2.24) is 15.4 Å². The molecule has 2 aliphatic heterocycles. The van der Waals surface area contributed by atoms with Crippen molar-refractivity contribution in [3.63, 3.8) is 0 Å². The first-order valence-electron chi connectivity index (χ1n) is 8.82. The lowest BCUT2D eigenvalue weighted by Gasteiger charge is -2.55. The number of anilines is 1. The third-order valence-electron chi connectivity index (χ3n) is 4.61. The molecule has 3 heterocycles. The number of carbonyl (C=O) groups is 4. The van der Waals surface area contributed by atoms with Gasteiger partial charge in [0.2, 0.25) is 6.61 Å². The number of carboxylic acids is 2. The fraction of sp³-hybridized carbons (Fsp3) is 0.500. The number of hydroxylamine groups is 2. The maximum Gasteiger partial charge on any atom is 0.366 e. The molecule has 2 aliphatic rings. The molecular formula is C16H19N5O9S. The Kier molecular flexibility index (Phi) is 5.84. The Morgan fingerprint density at radius 3 is 2.58 bits per heavy atom. The number of nitrogens with one attached hydrogen (secondary N) is 1. The number of hydrogen-bond acceptors (Lipinski definition) is 11. The van der Waals surface area contributed by atoms with E-state index in [1.807, 2.05) is 0 Å². The molecule has 3 rings (SSSR count). The standard InChI is InChI=1S/C16H19N5O9S/c1-15(2)10(12(25)21(15)30-16(13(26)27)3-4-28-16)19-11(24)9(20-29-5-8(22)23)7-6-31-14(17)18-7/h6,10H,3-5H2,1-2H3,(H2,17,18)(H,19,24)(H,22,23)(H,26,27)/b20-9-/t10-,16?/m1/s1. The van der Waals surface area contributed by atoms with E-state index in [-0.39, 0.29) is 29.6 Å². The molecule has 31 heavy (non-hydrogen) atoms. The highest BCUT2D eigenvalue weighted by Gasteiger charge is 2.61. The highest BCUT2D eigenvalue weighted by atomic mass is 32.1. The van der Waals surface area contributed by atoms with Gasteiger partial charge < -0.3 is 30.8 Å². The minimum Gasteiger partial charge on any atom is -0.479 e. The number of hydrogen-bond donors (Lipinski definition) is 4. The van der Waals surface area contributed by atoms with E-state index in [4.69, 9.17) is 20.4 Å². The summed E-state index contributed by atoms with van der Waals surface area (Å²) in [7, 11) is 0. The monoisotopic (exact) mass is 457 g/mol. The van der Waals surface area contributed by atoms with Gasteiger partial charge in [-0.15, -0.1) is 11.3 Å². The summed E-state index contributed by atoms with van der Waals surface area (Å²) in [6.07, 6.45) is 0.0577. The second-order valence-electron chi connectivity index (χ2n) is 7.12. The summed E-state index contributed by atoms with van der Waals surface area (Å²) in [6, 6.07) is -1.11.